The maximum absolute atomic E-state index is 10.9. The molecular formula is C24H20N2O2S. The maximum atomic E-state index is 10.9. The summed E-state index contributed by atoms with van der Waals surface area (Å²) in [6, 6.07) is 26.0. The third-order valence-corrected chi connectivity index (χ3v) is 5.79. The van der Waals surface area contributed by atoms with Crippen molar-refractivity contribution >= 4 is 23.1 Å². The van der Waals surface area contributed by atoms with E-state index in [2.05, 4.69) is 0 Å². The van der Waals surface area contributed by atoms with Crippen molar-refractivity contribution in [1.29, 1.82) is 0 Å². The van der Waals surface area contributed by atoms with Crippen LogP contribution in [-0.2, 0) is 0 Å². The molecule has 4 rings (SSSR count). The van der Waals surface area contributed by atoms with Gasteiger partial charge in [0.05, 0.1) is 9.79 Å². The van der Waals surface area contributed by atoms with Crippen molar-refractivity contribution < 1.29 is 10.2 Å². The fourth-order valence-electron chi connectivity index (χ4n) is 3.27. The molecule has 0 fully saturated rings. The minimum atomic E-state index is 0.0821. The average molecular weight is 401 g/mol. The van der Waals surface area contributed by atoms with Crippen LogP contribution in [0.4, 0.5) is 11.4 Å². The Bertz CT molecular complexity index is 1070. The second-order valence-corrected chi connectivity index (χ2v) is 7.67. The highest BCUT2D eigenvalue weighted by Crippen LogP contribution is 2.48. The minimum absolute atomic E-state index is 0.0821. The molecule has 0 unspecified atom stereocenters. The van der Waals surface area contributed by atoms with Crippen molar-refractivity contribution in [2.24, 2.45) is 0 Å². The van der Waals surface area contributed by atoms with Gasteiger partial charge >= 0.3 is 0 Å². The molecule has 4 aromatic rings. The van der Waals surface area contributed by atoms with Crippen LogP contribution in [0.2, 0.25) is 0 Å². The first-order valence-corrected chi connectivity index (χ1v) is 9.89. The molecule has 0 atom stereocenters. The molecule has 5 heteroatoms. The number of nitrogens with two attached hydrogens (primary N) is 2. The van der Waals surface area contributed by atoms with Gasteiger partial charge in [-0.2, -0.15) is 0 Å². The fraction of sp³-hybridized carbons (Fsp3) is 0. The molecule has 0 aliphatic heterocycles. The molecule has 0 spiro atoms. The molecule has 0 aliphatic carbocycles. The quantitative estimate of drug-likeness (QED) is 0.328. The van der Waals surface area contributed by atoms with Crippen LogP contribution in [0.5, 0.6) is 11.5 Å². The third-order valence-electron chi connectivity index (χ3n) is 4.69. The van der Waals surface area contributed by atoms with E-state index >= 15 is 0 Å². The highest BCUT2D eigenvalue weighted by Gasteiger charge is 2.18. The van der Waals surface area contributed by atoms with Crippen LogP contribution in [0.15, 0.2) is 94.7 Å². The largest absolute Gasteiger partial charge is 0.506 e. The molecule has 144 valence electrons. The average Bonchev–Trinajstić information content (AvgIpc) is 2.74. The Balaban J connectivity index is 1.78. The smallest absolute Gasteiger partial charge is 0.139 e. The van der Waals surface area contributed by atoms with Crippen molar-refractivity contribution in [3.05, 3.63) is 84.9 Å². The fourth-order valence-corrected chi connectivity index (χ4v) is 4.18. The van der Waals surface area contributed by atoms with Gasteiger partial charge in [0.15, 0.2) is 0 Å². The molecule has 0 heterocycles. The Labute approximate surface area is 173 Å². The molecule has 0 saturated heterocycles. The van der Waals surface area contributed by atoms with E-state index in [0.29, 0.717) is 32.3 Å². The molecule has 4 aromatic carbocycles. The Kier molecular flexibility index (Phi) is 5.06. The van der Waals surface area contributed by atoms with E-state index in [4.69, 9.17) is 11.5 Å². The van der Waals surface area contributed by atoms with Gasteiger partial charge in [0.2, 0.25) is 0 Å². The van der Waals surface area contributed by atoms with Gasteiger partial charge in [-0.15, -0.1) is 0 Å². The lowest BCUT2D eigenvalue weighted by Gasteiger charge is -2.15. The van der Waals surface area contributed by atoms with Gasteiger partial charge in [0.25, 0.3) is 0 Å². The lowest BCUT2D eigenvalue weighted by Crippen LogP contribution is -1.93. The summed E-state index contributed by atoms with van der Waals surface area (Å²) >= 11 is 1.26. The molecule has 0 bridgehead atoms. The zero-order chi connectivity index (χ0) is 20.4. The van der Waals surface area contributed by atoms with Crippen molar-refractivity contribution in [1.82, 2.24) is 0 Å². The predicted molar refractivity (Wildman–Crippen MR) is 120 cm³/mol. The van der Waals surface area contributed by atoms with Gasteiger partial charge in [-0.1, -0.05) is 72.4 Å². The van der Waals surface area contributed by atoms with Crippen molar-refractivity contribution in [3.8, 4) is 33.8 Å². The van der Waals surface area contributed by atoms with Gasteiger partial charge in [-0.3, -0.25) is 0 Å². The molecule has 0 aliphatic rings. The lowest BCUT2D eigenvalue weighted by atomic mass is 10.0. The monoisotopic (exact) mass is 400 g/mol. The van der Waals surface area contributed by atoms with Crippen LogP contribution >= 0.6 is 11.8 Å². The number of aromatic hydroxyl groups is 2. The molecule has 29 heavy (non-hydrogen) atoms. The van der Waals surface area contributed by atoms with Gasteiger partial charge < -0.3 is 21.7 Å². The zero-order valence-corrected chi connectivity index (χ0v) is 16.4. The number of anilines is 2. The number of rotatable bonds is 4. The summed E-state index contributed by atoms with van der Waals surface area (Å²) in [5.41, 5.74) is 16.1. The first-order chi connectivity index (χ1) is 14.1. The topological polar surface area (TPSA) is 92.5 Å². The maximum Gasteiger partial charge on any atom is 0.139 e. The molecule has 0 saturated carbocycles. The van der Waals surface area contributed by atoms with Gasteiger partial charge in [0.1, 0.15) is 11.5 Å². The van der Waals surface area contributed by atoms with E-state index in [1.165, 1.54) is 11.8 Å². The minimum Gasteiger partial charge on any atom is -0.506 e. The molecule has 0 radical (unpaired) electrons. The Morgan fingerprint density at radius 3 is 1.28 bits per heavy atom. The molecule has 4 nitrogen and oxygen atoms in total. The number of hydrogen-bond acceptors (Lipinski definition) is 5. The molecule has 0 aromatic heterocycles. The highest BCUT2D eigenvalue weighted by molar-refractivity contribution is 7.99. The number of phenols is 2. The SMILES string of the molecule is Nc1ccc(Sc2ccc(N)c(-c3ccccc3)c2O)c(O)c1-c1ccccc1. The number of nitrogen functional groups attached to an aromatic ring is 2. The predicted octanol–water partition coefficient (Wildman–Crippen LogP) is 5.75. The summed E-state index contributed by atoms with van der Waals surface area (Å²) < 4.78 is 0. The van der Waals surface area contributed by atoms with Crippen LogP contribution < -0.4 is 11.5 Å². The Morgan fingerprint density at radius 2 is 0.897 bits per heavy atom. The van der Waals surface area contributed by atoms with E-state index in [1.54, 1.807) is 24.3 Å². The number of hydrogen-bond donors (Lipinski definition) is 4. The molecule has 6 N–H and O–H groups in total. The first kappa shape index (κ1) is 18.8. The summed E-state index contributed by atoms with van der Waals surface area (Å²) in [7, 11) is 0. The first-order valence-electron chi connectivity index (χ1n) is 9.08. The normalized spacial score (nSPS) is 10.8. The third kappa shape index (κ3) is 3.60. The summed E-state index contributed by atoms with van der Waals surface area (Å²) in [6.45, 7) is 0. The zero-order valence-electron chi connectivity index (χ0n) is 15.5. The summed E-state index contributed by atoms with van der Waals surface area (Å²) in [6.07, 6.45) is 0. The molecular weight excluding hydrogens is 380 g/mol. The van der Waals surface area contributed by atoms with E-state index < -0.39 is 0 Å². The lowest BCUT2D eigenvalue weighted by molar-refractivity contribution is 0.462. The van der Waals surface area contributed by atoms with E-state index in [0.717, 1.165) is 11.1 Å². The van der Waals surface area contributed by atoms with E-state index in [9.17, 15) is 10.2 Å². The van der Waals surface area contributed by atoms with E-state index in [1.807, 2.05) is 60.7 Å². The van der Waals surface area contributed by atoms with Crippen LogP contribution in [0, 0.1) is 0 Å². The molecule has 0 amide bonds. The van der Waals surface area contributed by atoms with Crippen LogP contribution in [0.1, 0.15) is 0 Å². The number of benzene rings is 4. The summed E-state index contributed by atoms with van der Waals surface area (Å²) in [4.78, 5) is 1.19. The van der Waals surface area contributed by atoms with Crippen LogP contribution in [0.3, 0.4) is 0 Å². The standard InChI is InChI=1S/C24H20N2O2S/c25-17-11-13-19(23(27)21(17)15-7-3-1-4-8-15)29-20-14-12-18(26)22(24(20)28)16-9-5-2-6-10-16/h1-14,27-28H,25-26H2. The van der Waals surface area contributed by atoms with Crippen molar-refractivity contribution in [2.75, 3.05) is 11.5 Å². The van der Waals surface area contributed by atoms with Crippen molar-refractivity contribution in [3.63, 3.8) is 0 Å². The van der Waals surface area contributed by atoms with Gasteiger partial charge in [0, 0.05) is 22.5 Å². The van der Waals surface area contributed by atoms with Crippen LogP contribution in [-0.4, -0.2) is 10.2 Å². The summed E-state index contributed by atoms with van der Waals surface area (Å²) in [5, 5.41) is 21.8. The van der Waals surface area contributed by atoms with Gasteiger partial charge in [-0.05, 0) is 35.4 Å². The second kappa shape index (κ2) is 7.81. The summed E-state index contributed by atoms with van der Waals surface area (Å²) in [5.74, 6) is 0.164. The Morgan fingerprint density at radius 1 is 0.517 bits per heavy atom. The number of phenolic OH excluding ortho intramolecular Hbond substituents is 2. The van der Waals surface area contributed by atoms with E-state index in [-0.39, 0.29) is 11.5 Å². The Hall–Kier alpha value is -3.57. The van der Waals surface area contributed by atoms with Crippen molar-refractivity contribution in [2.45, 2.75) is 9.79 Å². The van der Waals surface area contributed by atoms with Gasteiger partial charge in [-0.25, -0.2) is 0 Å². The van der Waals surface area contributed by atoms with Crippen LogP contribution in [0.25, 0.3) is 22.3 Å². The second-order valence-electron chi connectivity index (χ2n) is 6.59. The highest BCUT2D eigenvalue weighted by atomic mass is 32.2.